The van der Waals surface area contributed by atoms with Crippen LogP contribution in [0.15, 0.2) is 75.5 Å². The van der Waals surface area contributed by atoms with Crippen molar-refractivity contribution in [3.63, 3.8) is 0 Å². The first-order chi connectivity index (χ1) is 14.0. The summed E-state index contributed by atoms with van der Waals surface area (Å²) in [4.78, 5) is 32.6. The van der Waals surface area contributed by atoms with E-state index in [4.69, 9.17) is 4.42 Å². The molecule has 2 N–H and O–H groups in total. The Kier molecular flexibility index (Phi) is 6.21. The van der Waals surface area contributed by atoms with Gasteiger partial charge in [-0.3, -0.25) is 19.6 Å². The highest BCUT2D eigenvalue weighted by Crippen LogP contribution is 2.08. The standard InChI is InChI=1S/C20H18N6O3/c1-13(15-7-3-5-11-21-15)23-25-19(27)17-9-10-18(29-17)20(28)26-24-14(2)16-8-4-6-12-22-16/h3-12H,1-2H3,(H,25,27)(H,26,28)/b23-13+,24-14+. The number of hydrogen-bond acceptors (Lipinski definition) is 7. The van der Waals surface area contributed by atoms with E-state index in [0.717, 1.165) is 0 Å². The lowest BCUT2D eigenvalue weighted by molar-refractivity contribution is 0.0902. The Hall–Kier alpha value is -4.14. The Morgan fingerprint density at radius 2 is 1.21 bits per heavy atom. The fourth-order valence-electron chi connectivity index (χ4n) is 2.23. The van der Waals surface area contributed by atoms with Crippen molar-refractivity contribution in [3.8, 4) is 0 Å². The highest BCUT2D eigenvalue weighted by atomic mass is 16.4. The van der Waals surface area contributed by atoms with Gasteiger partial charge in [-0.1, -0.05) is 12.1 Å². The minimum atomic E-state index is -0.590. The van der Waals surface area contributed by atoms with Gasteiger partial charge in [0.25, 0.3) is 0 Å². The minimum absolute atomic E-state index is 0.0573. The lowest BCUT2D eigenvalue weighted by atomic mass is 10.3. The Bertz CT molecular complexity index is 974. The van der Waals surface area contributed by atoms with Crippen LogP contribution < -0.4 is 10.9 Å². The third-order valence-electron chi connectivity index (χ3n) is 3.78. The number of carbonyl (C=O) groups excluding carboxylic acids is 2. The molecule has 0 aliphatic rings. The number of pyridine rings is 2. The molecule has 0 bridgehead atoms. The summed E-state index contributed by atoms with van der Waals surface area (Å²) in [7, 11) is 0. The topological polar surface area (TPSA) is 122 Å². The summed E-state index contributed by atoms with van der Waals surface area (Å²) in [5.74, 6) is -1.30. The molecule has 0 radical (unpaired) electrons. The average Bonchev–Trinajstić information content (AvgIpc) is 3.27. The van der Waals surface area contributed by atoms with Crippen LogP contribution >= 0.6 is 0 Å². The molecule has 0 aliphatic carbocycles. The number of hydrogen-bond donors (Lipinski definition) is 2. The molecule has 0 saturated heterocycles. The fraction of sp³-hybridized carbons (Fsp3) is 0.100. The molecule has 29 heavy (non-hydrogen) atoms. The van der Waals surface area contributed by atoms with E-state index in [1.165, 1.54) is 12.1 Å². The zero-order valence-corrected chi connectivity index (χ0v) is 15.8. The molecule has 2 amide bonds. The highest BCUT2D eigenvalue weighted by molar-refractivity contribution is 6.00. The van der Waals surface area contributed by atoms with Crippen molar-refractivity contribution < 1.29 is 14.0 Å². The average molecular weight is 390 g/mol. The molecular weight excluding hydrogens is 372 g/mol. The zero-order valence-electron chi connectivity index (χ0n) is 15.8. The zero-order chi connectivity index (χ0) is 20.6. The van der Waals surface area contributed by atoms with E-state index in [1.807, 2.05) is 12.1 Å². The molecule has 146 valence electrons. The number of amides is 2. The maximum atomic E-state index is 12.2. The van der Waals surface area contributed by atoms with Crippen LogP contribution in [-0.4, -0.2) is 33.2 Å². The maximum absolute atomic E-state index is 12.2. The van der Waals surface area contributed by atoms with Gasteiger partial charge in [0.15, 0.2) is 11.5 Å². The van der Waals surface area contributed by atoms with E-state index < -0.39 is 11.8 Å². The van der Waals surface area contributed by atoms with Crippen LogP contribution in [0.3, 0.4) is 0 Å². The summed E-state index contributed by atoms with van der Waals surface area (Å²) in [5.41, 5.74) is 7.06. The second-order valence-corrected chi connectivity index (χ2v) is 5.87. The molecular formula is C20H18N6O3. The van der Waals surface area contributed by atoms with Gasteiger partial charge in [-0.2, -0.15) is 10.2 Å². The number of nitrogens with one attached hydrogen (secondary N) is 2. The van der Waals surface area contributed by atoms with E-state index in [-0.39, 0.29) is 11.5 Å². The first-order valence-corrected chi connectivity index (χ1v) is 8.66. The second kappa shape index (κ2) is 9.18. The van der Waals surface area contributed by atoms with Gasteiger partial charge in [-0.25, -0.2) is 10.9 Å². The van der Waals surface area contributed by atoms with Gasteiger partial charge in [-0.05, 0) is 50.2 Å². The van der Waals surface area contributed by atoms with E-state index >= 15 is 0 Å². The number of rotatable bonds is 6. The third-order valence-corrected chi connectivity index (χ3v) is 3.78. The fourth-order valence-corrected chi connectivity index (χ4v) is 2.23. The van der Waals surface area contributed by atoms with E-state index in [2.05, 4.69) is 31.0 Å². The van der Waals surface area contributed by atoms with Crippen molar-refractivity contribution in [2.75, 3.05) is 0 Å². The van der Waals surface area contributed by atoms with Crippen molar-refractivity contribution in [1.29, 1.82) is 0 Å². The summed E-state index contributed by atoms with van der Waals surface area (Å²) in [6.07, 6.45) is 3.26. The van der Waals surface area contributed by atoms with Crippen molar-refractivity contribution >= 4 is 23.2 Å². The predicted octanol–water partition coefficient (Wildman–Crippen LogP) is 2.38. The van der Waals surface area contributed by atoms with Crippen molar-refractivity contribution in [3.05, 3.63) is 83.8 Å². The molecule has 0 aliphatic heterocycles. The van der Waals surface area contributed by atoms with Crippen molar-refractivity contribution in [2.45, 2.75) is 13.8 Å². The Labute approximate surface area is 166 Å². The number of hydrazone groups is 2. The van der Waals surface area contributed by atoms with Gasteiger partial charge in [-0.15, -0.1) is 0 Å². The molecule has 0 aromatic carbocycles. The molecule has 3 heterocycles. The summed E-state index contributed by atoms with van der Waals surface area (Å²) < 4.78 is 5.29. The lowest BCUT2D eigenvalue weighted by Crippen LogP contribution is -2.20. The van der Waals surface area contributed by atoms with Gasteiger partial charge in [0.1, 0.15) is 0 Å². The lowest BCUT2D eigenvalue weighted by Gasteiger charge is -2.01. The van der Waals surface area contributed by atoms with Gasteiger partial charge in [0.05, 0.1) is 22.8 Å². The molecule has 0 fully saturated rings. The van der Waals surface area contributed by atoms with Crippen LogP contribution in [0.4, 0.5) is 0 Å². The summed E-state index contributed by atoms with van der Waals surface area (Å²) in [5, 5.41) is 7.97. The van der Waals surface area contributed by atoms with Crippen LogP contribution in [0, 0.1) is 0 Å². The molecule has 9 nitrogen and oxygen atoms in total. The number of aromatic nitrogens is 2. The summed E-state index contributed by atoms with van der Waals surface area (Å²) in [6.45, 7) is 3.43. The van der Waals surface area contributed by atoms with E-state index in [9.17, 15) is 9.59 Å². The molecule has 9 heteroatoms. The molecule has 3 rings (SSSR count). The number of furan rings is 1. The first-order valence-electron chi connectivity index (χ1n) is 8.66. The monoisotopic (exact) mass is 390 g/mol. The number of carbonyl (C=O) groups is 2. The molecule has 0 saturated carbocycles. The smallest absolute Gasteiger partial charge is 0.307 e. The maximum Gasteiger partial charge on any atom is 0.307 e. The van der Waals surface area contributed by atoms with Crippen LogP contribution in [0.25, 0.3) is 0 Å². The SMILES string of the molecule is C/C(=N\NC(=O)c1ccc(C(=O)N/N=C(\C)c2ccccn2)o1)c1ccccn1. The van der Waals surface area contributed by atoms with Gasteiger partial charge in [0.2, 0.25) is 0 Å². The van der Waals surface area contributed by atoms with Crippen LogP contribution in [0.2, 0.25) is 0 Å². The van der Waals surface area contributed by atoms with Gasteiger partial charge >= 0.3 is 11.8 Å². The van der Waals surface area contributed by atoms with Crippen molar-refractivity contribution in [1.82, 2.24) is 20.8 Å². The Morgan fingerprint density at radius 3 is 1.59 bits per heavy atom. The van der Waals surface area contributed by atoms with Gasteiger partial charge in [0, 0.05) is 12.4 Å². The van der Waals surface area contributed by atoms with Gasteiger partial charge < -0.3 is 4.42 Å². The molecule has 0 spiro atoms. The minimum Gasteiger partial charge on any atom is -0.446 e. The quantitative estimate of drug-likeness (QED) is 0.494. The normalized spacial score (nSPS) is 11.8. The number of nitrogens with zero attached hydrogens (tertiary/aromatic N) is 4. The molecule has 3 aromatic heterocycles. The van der Waals surface area contributed by atoms with Crippen LogP contribution in [-0.2, 0) is 0 Å². The Morgan fingerprint density at radius 1 is 0.759 bits per heavy atom. The third kappa shape index (κ3) is 5.19. The summed E-state index contributed by atoms with van der Waals surface area (Å²) >= 11 is 0. The predicted molar refractivity (Wildman–Crippen MR) is 107 cm³/mol. The highest BCUT2D eigenvalue weighted by Gasteiger charge is 2.15. The largest absolute Gasteiger partial charge is 0.446 e. The molecule has 0 unspecified atom stereocenters. The second-order valence-electron chi connectivity index (χ2n) is 5.87. The van der Waals surface area contributed by atoms with Crippen LogP contribution in [0.5, 0.6) is 0 Å². The Balaban J connectivity index is 1.61. The molecule has 0 atom stereocenters. The van der Waals surface area contributed by atoms with E-state index in [1.54, 1.807) is 50.5 Å². The van der Waals surface area contributed by atoms with Crippen LogP contribution in [0.1, 0.15) is 46.3 Å². The van der Waals surface area contributed by atoms with E-state index in [0.29, 0.717) is 22.8 Å². The van der Waals surface area contributed by atoms with Crippen molar-refractivity contribution in [2.24, 2.45) is 10.2 Å². The molecule has 3 aromatic rings. The first kappa shape index (κ1) is 19.6. The summed E-state index contributed by atoms with van der Waals surface area (Å²) in [6, 6.07) is 13.5.